The molecule has 17 atom stereocenters. The van der Waals surface area contributed by atoms with E-state index >= 15 is 0 Å². The van der Waals surface area contributed by atoms with Crippen molar-refractivity contribution >= 4 is 97.8 Å². The second-order valence-corrected chi connectivity index (χ2v) is 39.2. The van der Waals surface area contributed by atoms with E-state index in [1.54, 1.807) is 25.7 Å². The zero-order valence-corrected chi connectivity index (χ0v) is 69.8. The quantitative estimate of drug-likeness (QED) is 0.0588. The Balaban J connectivity index is 0.000000137. The van der Waals surface area contributed by atoms with Crippen molar-refractivity contribution in [2.75, 3.05) is 19.0 Å². The first kappa shape index (κ1) is 85.4. The van der Waals surface area contributed by atoms with Gasteiger partial charge in [0.05, 0.1) is 47.5 Å². The number of amides is 2. The van der Waals surface area contributed by atoms with Gasteiger partial charge in [0.25, 0.3) is 0 Å². The molecule has 592 valence electrons. The summed E-state index contributed by atoms with van der Waals surface area (Å²) >= 11 is 10.0. The average molecular weight is 1590 g/mol. The van der Waals surface area contributed by atoms with Crippen LogP contribution in [0.25, 0.3) is 0 Å². The van der Waals surface area contributed by atoms with Crippen LogP contribution in [0.1, 0.15) is 261 Å². The van der Waals surface area contributed by atoms with Gasteiger partial charge in [-0.15, -0.1) is 36.4 Å². The minimum Gasteiger partial charge on any atom is -0.480 e. The smallest absolute Gasteiger partial charge is 0.476 e. The third kappa shape index (κ3) is 18.6. The van der Waals surface area contributed by atoms with E-state index in [0.29, 0.717) is 66.2 Å². The Hall–Kier alpha value is -2.08. The number of carboxylic acids is 1. The summed E-state index contributed by atoms with van der Waals surface area (Å²) in [5.74, 6) is 6.79. The van der Waals surface area contributed by atoms with Crippen LogP contribution in [0.15, 0.2) is 24.3 Å². The van der Waals surface area contributed by atoms with Gasteiger partial charge in [-0.05, 0) is 217 Å². The number of aliphatic carboxylic acids is 1. The fourth-order valence-corrected chi connectivity index (χ4v) is 22.3. The fraction of sp³-hybridized carbons (Fsp3) is 0.875. The van der Waals surface area contributed by atoms with E-state index < -0.39 is 23.7 Å². The molecule has 25 heteroatoms. The Bertz CT molecular complexity index is 2980. The van der Waals surface area contributed by atoms with E-state index in [0.717, 1.165) is 117 Å². The number of hydrogen-bond acceptors (Lipinski definition) is 15. The maximum atomic E-state index is 12.2. The zero-order valence-electron chi connectivity index (χ0n) is 65.8. The molecule has 5 N–H and O–H groups in total. The Kier molecular flexibility index (Phi) is 28.2. The van der Waals surface area contributed by atoms with Crippen LogP contribution in [0.2, 0.25) is 6.32 Å². The molecule has 14 aliphatic carbocycles. The van der Waals surface area contributed by atoms with E-state index in [4.69, 9.17) is 54.7 Å². The molecular weight excluding hydrogens is 1460 g/mol. The van der Waals surface area contributed by atoms with Crippen LogP contribution >= 0.6 is 52.3 Å². The predicted octanol–water partition coefficient (Wildman–Crippen LogP) is 16.9. The lowest BCUT2D eigenvalue weighted by Crippen LogP contribution is -2.65. The molecule has 14 saturated carbocycles. The van der Waals surface area contributed by atoms with Gasteiger partial charge in [0.2, 0.25) is 0 Å². The van der Waals surface area contributed by atoms with Crippen molar-refractivity contribution in [3.05, 3.63) is 35.4 Å². The van der Waals surface area contributed by atoms with Crippen molar-refractivity contribution in [1.82, 2.24) is 15.5 Å². The van der Waals surface area contributed by atoms with Crippen molar-refractivity contribution in [3.8, 4) is 0 Å². The Morgan fingerprint density at radius 3 is 1.55 bits per heavy atom. The van der Waals surface area contributed by atoms with Gasteiger partial charge in [-0.1, -0.05) is 165 Å². The second kappa shape index (κ2) is 34.7. The molecule has 0 spiro atoms. The van der Waals surface area contributed by atoms with Gasteiger partial charge in [0, 0.05) is 37.3 Å². The van der Waals surface area contributed by atoms with Gasteiger partial charge >= 0.3 is 45.5 Å². The lowest BCUT2D eigenvalue weighted by Gasteiger charge is -2.64. The summed E-state index contributed by atoms with van der Waals surface area (Å²) in [6.07, 6.45) is 32.5. The molecule has 0 aromatic heterocycles. The van der Waals surface area contributed by atoms with Gasteiger partial charge < -0.3 is 63.6 Å². The molecule has 5 aliphatic heterocycles. The zero-order chi connectivity index (χ0) is 73.8. The number of esters is 1. The highest BCUT2D eigenvalue weighted by molar-refractivity contribution is 9.09. The molecule has 18 fully saturated rings. The topological polar surface area (TPSA) is 225 Å². The van der Waals surface area contributed by atoms with Crippen molar-refractivity contribution in [3.63, 3.8) is 0 Å². The number of alkyl carbamates (subject to hydrolysis) is 1. The molecule has 2 amide bonds. The standard InChI is InChI=1S/C16H26BClO2.C16H28BNO2.C15H25BO2.C15H18N2O4.C13H23NO4.C5H9Br.2ClH/c2*1-15(2)11-8-12(15)16(3)13(9-11)19-17(20-16)14(18)7-10-5-4-6-10;1-14(2)11-7-12(14)15(3)13(8-11)17-16(18-15)9-10-5-4-6-10;1-20-14(18)13-6-12(7-16-13)21-15(19)17-8-10-4-2-3-5-11(10)9-17;1-13(2,3)18-12(17)14-10(11(15)16)9-7-5-4-6-8-9;6-4-5-2-1-3-5;;/h10-14H,4-9H2,1-3H3;10-14H,4-9,18H2,1-3H3;10-13H,4-9H2,1-3H3;2-5,12-13,16H,6-9H2,1H3;9-10H,4-8H2,1-3H3,(H,14,17)(H,15,16);5H,1-4H2;2*1H/t11-,12-,13?,14+,16-;11-,12-,13?,14-,16-;11-,12-,13?,15-;12-,13+;10-;;;/m00010.../s1. The van der Waals surface area contributed by atoms with E-state index in [1.165, 1.54) is 115 Å². The molecule has 3 unspecified atom stereocenters. The molecule has 19 aliphatic rings. The maximum Gasteiger partial charge on any atom is 0.476 e. The molecule has 1 aromatic rings. The summed E-state index contributed by atoms with van der Waals surface area (Å²) in [5, 5.41) is 15.9. The number of nitrogens with one attached hydrogen (secondary N) is 2. The summed E-state index contributed by atoms with van der Waals surface area (Å²) in [6.45, 7) is 28.2. The van der Waals surface area contributed by atoms with Crippen molar-refractivity contribution in [2.24, 2.45) is 87.1 Å². The average Bonchev–Trinajstić information content (AvgIpc) is 1.66. The molecule has 5 heterocycles. The van der Waals surface area contributed by atoms with Gasteiger partial charge in [-0.25, -0.2) is 14.4 Å². The van der Waals surface area contributed by atoms with Crippen LogP contribution in [0, 0.1) is 81.3 Å². The molecule has 0 radical (unpaired) electrons. The van der Waals surface area contributed by atoms with Gasteiger partial charge in [-0.3, -0.25) is 9.69 Å². The minimum absolute atomic E-state index is 0. The molecule has 1 aromatic carbocycles. The highest BCUT2D eigenvalue weighted by atomic mass is 79.9. The molecule has 6 bridgehead atoms. The predicted molar refractivity (Wildman–Crippen MR) is 421 cm³/mol. The first-order valence-electron chi connectivity index (χ1n) is 40.7. The van der Waals surface area contributed by atoms with Gasteiger partial charge in [-0.2, -0.15) is 0 Å². The number of rotatable bonds is 14. The molecule has 18 nitrogen and oxygen atoms in total. The molecular formula is C80H131B3BrCl3N4O14. The number of nitrogens with two attached hydrogens (primary N) is 1. The third-order valence-corrected chi connectivity index (χ3v) is 30.7. The summed E-state index contributed by atoms with van der Waals surface area (Å²) in [4.78, 5) is 48.1. The number of carboxylic acid groups (broad SMARTS) is 1. The van der Waals surface area contributed by atoms with E-state index in [-0.39, 0.29) is 117 Å². The van der Waals surface area contributed by atoms with Crippen LogP contribution < -0.4 is 16.4 Å². The van der Waals surface area contributed by atoms with E-state index in [1.807, 2.05) is 24.3 Å². The van der Waals surface area contributed by atoms with Crippen LogP contribution in [0.4, 0.5) is 9.59 Å². The summed E-state index contributed by atoms with van der Waals surface area (Å²) in [6, 6.07) is 6.76. The third-order valence-electron chi connectivity index (χ3n) is 29.4. The van der Waals surface area contributed by atoms with Gasteiger partial charge in [0.15, 0.2) is 0 Å². The summed E-state index contributed by atoms with van der Waals surface area (Å²) < 4.78 is 53.2. The second-order valence-electron chi connectivity index (χ2n) is 38.0. The number of fused-ring (bicyclic) bond motifs is 1. The van der Waals surface area contributed by atoms with E-state index in [9.17, 15) is 24.3 Å². The molecule has 20 rings (SSSR count). The lowest BCUT2D eigenvalue weighted by molar-refractivity contribution is -0.199. The number of carbonyl (C=O) groups is 4. The molecule has 105 heavy (non-hydrogen) atoms. The van der Waals surface area contributed by atoms with E-state index in [2.05, 4.69) is 93.6 Å². The van der Waals surface area contributed by atoms with Crippen LogP contribution in [0.3, 0.4) is 0 Å². The van der Waals surface area contributed by atoms with Crippen molar-refractivity contribution < 1.29 is 66.4 Å². The highest BCUT2D eigenvalue weighted by Crippen LogP contribution is 2.68. The number of halogens is 4. The first-order valence-corrected chi connectivity index (χ1v) is 42.3. The number of nitrogens with zero attached hydrogens (tertiary/aromatic N) is 1. The fourth-order valence-electron chi connectivity index (χ4n) is 21.3. The highest BCUT2D eigenvalue weighted by Gasteiger charge is 2.71. The number of ether oxygens (including phenoxy) is 3. The van der Waals surface area contributed by atoms with Crippen molar-refractivity contribution in [2.45, 2.75) is 340 Å². The number of carbonyl (C=O) groups excluding carboxylic acids is 3. The SMILES string of the molecule is BrCC1CCC1.CC(C)(C)OC(=O)N[C@H](C(=O)O)C1CCCCC1.CC1(C)[C@@H]2CC3OB(CC4CCC4)O[C@@]3(C)[C@H]1C2.CC1(C)[C@@H]2CC3OB([C@@H](N)CC4CCC4)O[C@@]3(C)[C@H]1C2.CC1(C)[C@@H]2CC3OB([C@H](Cl)CC4CCC4)O[C@@]3(C)[C@H]1C2.COC(=O)[C@@H]1C[C@@H](OC(=O)N2Cc3ccccc3C2)CN1.Cl.Cl. The monoisotopic (exact) mass is 1590 g/mol. The number of hydrogen-bond donors (Lipinski definition) is 4. The van der Waals surface area contributed by atoms with Crippen LogP contribution in [0.5, 0.6) is 0 Å². The van der Waals surface area contributed by atoms with Crippen molar-refractivity contribution in [1.29, 1.82) is 0 Å². The Labute approximate surface area is 656 Å². The lowest BCUT2D eigenvalue weighted by atomic mass is 9.43. The van der Waals surface area contributed by atoms with Gasteiger partial charge in [0.1, 0.15) is 23.8 Å². The van der Waals surface area contributed by atoms with Crippen LogP contribution in [-0.4, -0.2) is 145 Å². The Morgan fingerprint density at radius 2 is 1.11 bits per heavy atom. The number of benzene rings is 1. The number of methoxy groups -OCH3 is 1. The number of alkyl halides is 2. The van der Waals surface area contributed by atoms with Crippen LogP contribution in [-0.2, 0) is 64.8 Å². The Morgan fingerprint density at radius 1 is 0.648 bits per heavy atom. The first-order chi connectivity index (χ1) is 48.7. The minimum atomic E-state index is -0.979. The normalized spacial score (nSPS) is 35.9. The maximum absolute atomic E-state index is 12.2. The summed E-state index contributed by atoms with van der Waals surface area (Å²) in [7, 11) is 1.11. The largest absolute Gasteiger partial charge is 0.480 e. The summed E-state index contributed by atoms with van der Waals surface area (Å²) in [5.41, 5.74) is 9.20. The molecule has 4 saturated heterocycles.